The Morgan fingerprint density at radius 1 is 1.38 bits per heavy atom. The first-order chi connectivity index (χ1) is 9.79. The summed E-state index contributed by atoms with van der Waals surface area (Å²) in [7, 11) is -3.87. The molecule has 118 valence electrons. The van der Waals surface area contributed by atoms with E-state index in [-0.39, 0.29) is 17.0 Å². The molecule has 0 aliphatic rings. The van der Waals surface area contributed by atoms with E-state index in [1.807, 2.05) is 6.26 Å². The molecule has 1 aromatic rings. The van der Waals surface area contributed by atoms with Crippen LogP contribution in [0.4, 0.5) is 10.1 Å². The smallest absolute Gasteiger partial charge is 0.258 e. The van der Waals surface area contributed by atoms with E-state index in [4.69, 9.17) is 0 Å². The molecule has 0 fully saturated rings. The van der Waals surface area contributed by atoms with Crippen LogP contribution < -0.4 is 4.72 Å². The molecule has 6 nitrogen and oxygen atoms in total. The Bertz CT molecular complexity index is 620. The number of hydrogen-bond donors (Lipinski definition) is 1. The molecular weight excluding hydrogens is 319 g/mol. The van der Waals surface area contributed by atoms with E-state index < -0.39 is 26.5 Å². The molecule has 0 radical (unpaired) electrons. The lowest BCUT2D eigenvalue weighted by Gasteiger charge is -2.08. The molecule has 0 saturated carbocycles. The highest BCUT2D eigenvalue weighted by atomic mass is 32.2. The fraction of sp³-hybridized carbons (Fsp3) is 0.500. The van der Waals surface area contributed by atoms with Crippen LogP contribution in [0.5, 0.6) is 0 Å². The highest BCUT2D eigenvalue weighted by molar-refractivity contribution is 7.98. The largest absolute Gasteiger partial charge is 0.306 e. The van der Waals surface area contributed by atoms with Gasteiger partial charge in [0.25, 0.3) is 0 Å². The number of nitro groups is 1. The third-order valence-corrected chi connectivity index (χ3v) is 4.92. The Hall–Kier alpha value is -1.19. The standard InChI is InChI=1S/C12H17FN2O4S2/c1-9-7-10(8-11(12(9)13)15(16)17)21(18,19)14-5-3-4-6-20-2/h7-8,14H,3-6H2,1-2H3. The van der Waals surface area contributed by atoms with Crippen LogP contribution in [-0.2, 0) is 10.0 Å². The number of nitrogens with one attached hydrogen (secondary N) is 1. The van der Waals surface area contributed by atoms with Crippen molar-refractivity contribution >= 4 is 27.5 Å². The van der Waals surface area contributed by atoms with Gasteiger partial charge in [0.15, 0.2) is 0 Å². The Morgan fingerprint density at radius 3 is 2.62 bits per heavy atom. The van der Waals surface area contributed by atoms with Crippen LogP contribution in [0, 0.1) is 22.9 Å². The van der Waals surface area contributed by atoms with Gasteiger partial charge >= 0.3 is 5.69 Å². The van der Waals surface area contributed by atoms with Crippen LogP contribution in [-0.4, -0.2) is 31.9 Å². The Kier molecular flexibility index (Phi) is 6.56. The summed E-state index contributed by atoms with van der Waals surface area (Å²) in [4.78, 5) is 9.51. The van der Waals surface area contributed by atoms with Crippen LogP contribution in [0.1, 0.15) is 18.4 Å². The summed E-state index contributed by atoms with van der Waals surface area (Å²) in [5.41, 5.74) is -0.912. The number of nitro benzene ring substituents is 1. The predicted molar refractivity (Wildman–Crippen MR) is 80.6 cm³/mol. The van der Waals surface area contributed by atoms with E-state index in [0.29, 0.717) is 6.42 Å². The number of nitrogens with zero attached hydrogens (tertiary/aromatic N) is 1. The van der Waals surface area contributed by atoms with Gasteiger partial charge in [0.2, 0.25) is 15.8 Å². The maximum Gasteiger partial charge on any atom is 0.306 e. The molecule has 0 saturated heterocycles. The summed E-state index contributed by atoms with van der Waals surface area (Å²) in [5.74, 6) is -0.0815. The summed E-state index contributed by atoms with van der Waals surface area (Å²) >= 11 is 1.67. The predicted octanol–water partition coefficient (Wildman–Crippen LogP) is 2.46. The van der Waals surface area contributed by atoms with Crippen molar-refractivity contribution in [2.75, 3.05) is 18.6 Å². The SMILES string of the molecule is CSCCCCNS(=O)(=O)c1cc(C)c(F)c([N+](=O)[O-])c1. The second kappa shape index (κ2) is 7.71. The van der Waals surface area contributed by atoms with Crippen molar-refractivity contribution in [3.8, 4) is 0 Å². The molecule has 0 unspecified atom stereocenters. The highest BCUT2D eigenvalue weighted by Gasteiger charge is 2.23. The van der Waals surface area contributed by atoms with Gasteiger partial charge in [-0.2, -0.15) is 16.2 Å². The number of halogens is 1. The first kappa shape index (κ1) is 17.9. The summed E-state index contributed by atoms with van der Waals surface area (Å²) in [6.07, 6.45) is 3.50. The maximum atomic E-state index is 13.6. The highest BCUT2D eigenvalue weighted by Crippen LogP contribution is 2.24. The van der Waals surface area contributed by atoms with Gasteiger partial charge in [0.1, 0.15) is 0 Å². The molecule has 0 aliphatic carbocycles. The van der Waals surface area contributed by atoms with E-state index in [1.54, 1.807) is 11.8 Å². The molecule has 1 rings (SSSR count). The molecule has 0 aliphatic heterocycles. The van der Waals surface area contributed by atoms with E-state index in [9.17, 15) is 22.9 Å². The van der Waals surface area contributed by atoms with Crippen molar-refractivity contribution in [3.63, 3.8) is 0 Å². The molecule has 0 heterocycles. The van der Waals surface area contributed by atoms with Crippen LogP contribution in [0.15, 0.2) is 17.0 Å². The van der Waals surface area contributed by atoms with Gasteiger partial charge in [-0.25, -0.2) is 13.1 Å². The zero-order valence-corrected chi connectivity index (χ0v) is 13.4. The summed E-state index contributed by atoms with van der Waals surface area (Å²) in [5, 5.41) is 10.7. The van der Waals surface area contributed by atoms with Crippen molar-refractivity contribution in [2.45, 2.75) is 24.7 Å². The minimum absolute atomic E-state index is 0.0769. The number of thioether (sulfide) groups is 1. The number of unbranched alkanes of at least 4 members (excludes halogenated alkanes) is 1. The van der Waals surface area contributed by atoms with Crippen LogP contribution in [0.25, 0.3) is 0 Å². The second-order valence-corrected chi connectivity index (χ2v) is 7.18. The van der Waals surface area contributed by atoms with E-state index in [1.165, 1.54) is 6.92 Å². The van der Waals surface area contributed by atoms with E-state index >= 15 is 0 Å². The first-order valence-electron chi connectivity index (χ1n) is 6.22. The Balaban J connectivity index is 2.91. The minimum Gasteiger partial charge on any atom is -0.258 e. The zero-order valence-electron chi connectivity index (χ0n) is 11.8. The molecule has 1 aromatic carbocycles. The van der Waals surface area contributed by atoms with Gasteiger partial charge in [-0.3, -0.25) is 10.1 Å². The van der Waals surface area contributed by atoms with Gasteiger partial charge in [-0.1, -0.05) is 0 Å². The van der Waals surface area contributed by atoms with Crippen molar-refractivity contribution in [2.24, 2.45) is 0 Å². The van der Waals surface area contributed by atoms with Gasteiger partial charge in [-0.05, 0) is 43.4 Å². The molecule has 9 heteroatoms. The lowest BCUT2D eigenvalue weighted by atomic mass is 10.2. The lowest BCUT2D eigenvalue weighted by Crippen LogP contribution is -2.25. The average molecular weight is 336 g/mol. The summed E-state index contributed by atoms with van der Waals surface area (Å²) < 4.78 is 40.0. The summed E-state index contributed by atoms with van der Waals surface area (Å²) in [6.45, 7) is 1.53. The second-order valence-electron chi connectivity index (χ2n) is 4.43. The van der Waals surface area contributed by atoms with Crippen LogP contribution >= 0.6 is 11.8 Å². The maximum absolute atomic E-state index is 13.6. The minimum atomic E-state index is -3.87. The Labute approximate surface area is 127 Å². The molecule has 0 bridgehead atoms. The zero-order chi connectivity index (χ0) is 16.0. The normalized spacial score (nSPS) is 11.6. The molecule has 0 amide bonds. The number of benzene rings is 1. The molecule has 1 N–H and O–H groups in total. The van der Waals surface area contributed by atoms with Gasteiger partial charge in [-0.15, -0.1) is 0 Å². The number of hydrogen-bond acceptors (Lipinski definition) is 5. The first-order valence-corrected chi connectivity index (χ1v) is 9.10. The summed E-state index contributed by atoms with van der Waals surface area (Å²) in [6, 6.07) is 1.83. The average Bonchev–Trinajstić information content (AvgIpc) is 2.40. The third-order valence-electron chi connectivity index (χ3n) is 2.78. The molecule has 0 atom stereocenters. The quantitative estimate of drug-likeness (QED) is 0.447. The number of aryl methyl sites for hydroxylation is 1. The number of rotatable bonds is 8. The van der Waals surface area contributed by atoms with Crippen molar-refractivity contribution in [1.29, 1.82) is 0 Å². The van der Waals surface area contributed by atoms with E-state index in [0.717, 1.165) is 24.3 Å². The van der Waals surface area contributed by atoms with Gasteiger partial charge in [0, 0.05) is 12.6 Å². The van der Waals surface area contributed by atoms with Gasteiger partial charge < -0.3 is 0 Å². The fourth-order valence-corrected chi connectivity index (χ4v) is 3.34. The Morgan fingerprint density at radius 2 is 2.05 bits per heavy atom. The number of sulfonamides is 1. The van der Waals surface area contributed by atoms with Crippen molar-refractivity contribution < 1.29 is 17.7 Å². The lowest BCUT2D eigenvalue weighted by molar-refractivity contribution is -0.387. The van der Waals surface area contributed by atoms with Gasteiger partial charge in [0.05, 0.1) is 9.82 Å². The molecular formula is C12H17FN2O4S2. The van der Waals surface area contributed by atoms with Crippen LogP contribution in [0.3, 0.4) is 0 Å². The molecule has 0 aromatic heterocycles. The fourth-order valence-electron chi connectivity index (χ4n) is 1.67. The third kappa shape index (κ3) is 4.94. The van der Waals surface area contributed by atoms with E-state index in [2.05, 4.69) is 4.72 Å². The molecule has 0 spiro atoms. The van der Waals surface area contributed by atoms with Crippen molar-refractivity contribution in [1.82, 2.24) is 4.72 Å². The van der Waals surface area contributed by atoms with Crippen molar-refractivity contribution in [3.05, 3.63) is 33.6 Å². The topological polar surface area (TPSA) is 89.3 Å². The molecule has 21 heavy (non-hydrogen) atoms. The van der Waals surface area contributed by atoms with Crippen LogP contribution in [0.2, 0.25) is 0 Å². The monoisotopic (exact) mass is 336 g/mol.